The maximum atomic E-state index is 12.0. The van der Waals surface area contributed by atoms with Gasteiger partial charge in [0, 0.05) is 17.1 Å². The van der Waals surface area contributed by atoms with Gasteiger partial charge in [0.15, 0.2) is 0 Å². The second-order valence-electron chi connectivity index (χ2n) is 6.01. The fraction of sp³-hybridized carbons (Fsp3) is 0.353. The van der Waals surface area contributed by atoms with Gasteiger partial charge in [-0.2, -0.15) is 0 Å². The van der Waals surface area contributed by atoms with Gasteiger partial charge in [-0.25, -0.2) is 4.79 Å². The number of benzene rings is 1. The van der Waals surface area contributed by atoms with Crippen molar-refractivity contribution in [3.8, 4) is 0 Å². The van der Waals surface area contributed by atoms with Crippen LogP contribution in [0.4, 0.5) is 10.5 Å². The van der Waals surface area contributed by atoms with Gasteiger partial charge < -0.3 is 10.6 Å². The third kappa shape index (κ3) is 4.60. The van der Waals surface area contributed by atoms with Crippen molar-refractivity contribution in [1.29, 1.82) is 0 Å². The van der Waals surface area contributed by atoms with Crippen LogP contribution < -0.4 is 10.6 Å². The highest BCUT2D eigenvalue weighted by molar-refractivity contribution is 7.09. The van der Waals surface area contributed by atoms with Crippen LogP contribution in [0.15, 0.2) is 41.8 Å². The summed E-state index contributed by atoms with van der Waals surface area (Å²) in [5, 5.41) is 7.91. The lowest BCUT2D eigenvalue weighted by Crippen LogP contribution is -2.31. The van der Waals surface area contributed by atoms with Crippen molar-refractivity contribution in [3.63, 3.8) is 0 Å². The predicted molar refractivity (Wildman–Crippen MR) is 90.2 cm³/mol. The van der Waals surface area contributed by atoms with Gasteiger partial charge in [0.25, 0.3) is 0 Å². The van der Waals surface area contributed by atoms with Crippen molar-refractivity contribution < 1.29 is 4.79 Å². The van der Waals surface area contributed by atoms with Gasteiger partial charge in [0.05, 0.1) is 0 Å². The first-order valence-corrected chi connectivity index (χ1v) is 8.01. The Hall–Kier alpha value is -1.81. The number of hydrogen-bond acceptors (Lipinski definition) is 2. The maximum Gasteiger partial charge on any atom is 0.319 e. The fourth-order valence-electron chi connectivity index (χ4n) is 2.17. The SMILES string of the molecule is CC(C)(C)c1ccccc1NC(=O)NCCc1cccs1. The summed E-state index contributed by atoms with van der Waals surface area (Å²) < 4.78 is 0. The molecule has 0 aliphatic carbocycles. The minimum absolute atomic E-state index is 0.000835. The zero-order valence-electron chi connectivity index (χ0n) is 12.8. The average molecular weight is 302 g/mol. The van der Waals surface area contributed by atoms with Gasteiger partial charge in [0.2, 0.25) is 0 Å². The third-order valence-electron chi connectivity index (χ3n) is 3.22. The van der Waals surface area contributed by atoms with E-state index in [-0.39, 0.29) is 11.4 Å². The number of anilines is 1. The highest BCUT2D eigenvalue weighted by Crippen LogP contribution is 2.29. The molecule has 0 saturated carbocycles. The molecule has 21 heavy (non-hydrogen) atoms. The number of nitrogens with one attached hydrogen (secondary N) is 2. The van der Waals surface area contributed by atoms with Gasteiger partial charge >= 0.3 is 6.03 Å². The molecule has 2 N–H and O–H groups in total. The largest absolute Gasteiger partial charge is 0.338 e. The molecule has 4 heteroatoms. The molecule has 0 bridgehead atoms. The smallest absolute Gasteiger partial charge is 0.319 e. The van der Waals surface area contributed by atoms with Crippen molar-refractivity contribution in [1.82, 2.24) is 5.32 Å². The summed E-state index contributed by atoms with van der Waals surface area (Å²) in [7, 11) is 0. The summed E-state index contributed by atoms with van der Waals surface area (Å²) in [6.07, 6.45) is 0.867. The molecule has 2 amide bonds. The van der Waals surface area contributed by atoms with Crippen LogP contribution in [-0.4, -0.2) is 12.6 Å². The Bertz CT molecular complexity index is 585. The van der Waals surface area contributed by atoms with Crippen molar-refractivity contribution in [3.05, 3.63) is 52.2 Å². The van der Waals surface area contributed by atoms with Crippen LogP contribution in [0.3, 0.4) is 0 Å². The average Bonchev–Trinajstić information content (AvgIpc) is 2.91. The second kappa shape index (κ2) is 6.76. The molecule has 1 heterocycles. The Balaban J connectivity index is 1.91. The van der Waals surface area contributed by atoms with E-state index in [0.717, 1.165) is 17.7 Å². The summed E-state index contributed by atoms with van der Waals surface area (Å²) in [6, 6.07) is 11.9. The molecule has 112 valence electrons. The molecule has 1 aromatic carbocycles. The molecule has 0 fully saturated rings. The number of carbonyl (C=O) groups excluding carboxylic acids is 1. The molecular weight excluding hydrogens is 280 g/mol. The van der Waals surface area contributed by atoms with Crippen LogP contribution in [0.25, 0.3) is 0 Å². The molecule has 0 aliphatic rings. The topological polar surface area (TPSA) is 41.1 Å². The fourth-order valence-corrected chi connectivity index (χ4v) is 2.88. The summed E-state index contributed by atoms with van der Waals surface area (Å²) in [5.41, 5.74) is 2.01. The lowest BCUT2D eigenvalue weighted by Gasteiger charge is -2.23. The first-order valence-electron chi connectivity index (χ1n) is 7.13. The number of amides is 2. The Labute approximate surface area is 130 Å². The molecule has 0 unspecified atom stereocenters. The summed E-state index contributed by atoms with van der Waals surface area (Å²) >= 11 is 1.71. The molecule has 3 nitrogen and oxygen atoms in total. The first kappa shape index (κ1) is 15.6. The monoisotopic (exact) mass is 302 g/mol. The number of urea groups is 1. The molecule has 0 spiro atoms. The summed E-state index contributed by atoms with van der Waals surface area (Å²) in [6.45, 7) is 7.07. The minimum atomic E-state index is -0.150. The van der Waals surface area contributed by atoms with Crippen LogP contribution in [0, 0.1) is 0 Å². The molecule has 0 radical (unpaired) electrons. The first-order chi connectivity index (χ1) is 9.97. The molecule has 0 aliphatic heterocycles. The zero-order valence-corrected chi connectivity index (χ0v) is 13.6. The standard InChI is InChI=1S/C17H22N2OS/c1-17(2,3)14-8-4-5-9-15(14)19-16(20)18-11-10-13-7-6-12-21-13/h4-9,12H,10-11H2,1-3H3,(H2,18,19,20). The van der Waals surface area contributed by atoms with Crippen molar-refractivity contribution in [2.24, 2.45) is 0 Å². The van der Waals surface area contributed by atoms with E-state index < -0.39 is 0 Å². The second-order valence-corrected chi connectivity index (χ2v) is 7.04. The van der Waals surface area contributed by atoms with Gasteiger partial charge in [-0.3, -0.25) is 0 Å². The van der Waals surface area contributed by atoms with Crippen molar-refractivity contribution >= 4 is 23.1 Å². The Morgan fingerprint density at radius 3 is 2.57 bits per heavy atom. The molecule has 0 atom stereocenters. The molecule has 0 saturated heterocycles. The van der Waals surface area contributed by atoms with E-state index in [1.54, 1.807) is 11.3 Å². The normalized spacial score (nSPS) is 11.2. The van der Waals surface area contributed by atoms with Crippen LogP contribution in [0.1, 0.15) is 31.2 Å². The summed E-state index contributed by atoms with van der Waals surface area (Å²) in [5.74, 6) is 0. The molecule has 2 rings (SSSR count). The van der Waals surface area contributed by atoms with Gasteiger partial charge in [-0.1, -0.05) is 45.0 Å². The van der Waals surface area contributed by atoms with Crippen LogP contribution in [-0.2, 0) is 11.8 Å². The molecule has 1 aromatic heterocycles. The minimum Gasteiger partial charge on any atom is -0.338 e. The Kier molecular flexibility index (Phi) is 5.02. The van der Waals surface area contributed by atoms with Crippen LogP contribution >= 0.6 is 11.3 Å². The van der Waals surface area contributed by atoms with E-state index >= 15 is 0 Å². The van der Waals surface area contributed by atoms with Gasteiger partial charge in [0.1, 0.15) is 0 Å². The number of rotatable bonds is 4. The van der Waals surface area contributed by atoms with Crippen LogP contribution in [0.2, 0.25) is 0 Å². The Morgan fingerprint density at radius 1 is 1.14 bits per heavy atom. The number of carbonyl (C=O) groups is 1. The van der Waals surface area contributed by atoms with Gasteiger partial charge in [-0.05, 0) is 34.9 Å². The lowest BCUT2D eigenvalue weighted by molar-refractivity contribution is 0.252. The van der Waals surface area contributed by atoms with E-state index in [0.29, 0.717) is 6.54 Å². The zero-order chi connectivity index (χ0) is 15.3. The number of para-hydroxylation sites is 1. The Morgan fingerprint density at radius 2 is 1.90 bits per heavy atom. The molecule has 2 aromatic rings. The third-order valence-corrected chi connectivity index (χ3v) is 4.16. The van der Waals surface area contributed by atoms with E-state index in [2.05, 4.69) is 48.9 Å². The maximum absolute atomic E-state index is 12.0. The highest BCUT2D eigenvalue weighted by Gasteiger charge is 2.18. The van der Waals surface area contributed by atoms with E-state index in [1.807, 2.05) is 24.3 Å². The number of thiophene rings is 1. The number of hydrogen-bond donors (Lipinski definition) is 2. The highest BCUT2D eigenvalue weighted by atomic mass is 32.1. The van der Waals surface area contributed by atoms with Gasteiger partial charge in [-0.15, -0.1) is 11.3 Å². The van der Waals surface area contributed by atoms with Crippen molar-refractivity contribution in [2.75, 3.05) is 11.9 Å². The van der Waals surface area contributed by atoms with Crippen LogP contribution in [0.5, 0.6) is 0 Å². The quantitative estimate of drug-likeness (QED) is 0.863. The van der Waals surface area contributed by atoms with E-state index in [1.165, 1.54) is 4.88 Å². The lowest BCUT2D eigenvalue weighted by atomic mass is 9.86. The van der Waals surface area contributed by atoms with E-state index in [4.69, 9.17) is 0 Å². The molecular formula is C17H22N2OS. The van der Waals surface area contributed by atoms with E-state index in [9.17, 15) is 4.79 Å². The summed E-state index contributed by atoms with van der Waals surface area (Å²) in [4.78, 5) is 13.3. The van der Waals surface area contributed by atoms with Crippen molar-refractivity contribution in [2.45, 2.75) is 32.6 Å². The predicted octanol–water partition coefficient (Wildman–Crippen LogP) is 4.41.